The summed E-state index contributed by atoms with van der Waals surface area (Å²) in [6, 6.07) is 19.9. The molecule has 0 atom stereocenters. The number of piperidine rings is 1. The van der Waals surface area contributed by atoms with Crippen LogP contribution in [-0.4, -0.2) is 47.7 Å². The van der Waals surface area contributed by atoms with Gasteiger partial charge in [-0.15, -0.1) is 0 Å². The van der Waals surface area contributed by atoms with Gasteiger partial charge in [-0.25, -0.2) is 0 Å². The maximum atomic E-state index is 12.5. The van der Waals surface area contributed by atoms with Gasteiger partial charge in [0, 0.05) is 18.7 Å². The second kappa shape index (κ2) is 9.59. The van der Waals surface area contributed by atoms with Crippen LogP contribution in [0.3, 0.4) is 0 Å². The van der Waals surface area contributed by atoms with Crippen molar-refractivity contribution in [2.24, 2.45) is 5.92 Å². The number of nitrogens with one attached hydrogen (secondary N) is 2. The Balaban J connectivity index is 1.22. The predicted octanol–water partition coefficient (Wildman–Crippen LogP) is 3.73. The van der Waals surface area contributed by atoms with Crippen molar-refractivity contribution >= 4 is 5.91 Å². The minimum Gasteiger partial charge on any atom is -0.497 e. The number of ether oxygens (including phenoxy) is 1. The maximum absolute atomic E-state index is 12.5. The number of carbonyl (C=O) groups excluding carboxylic acids is 1. The number of methoxy groups -OCH3 is 1. The Morgan fingerprint density at radius 1 is 1.13 bits per heavy atom. The third-order valence-corrected chi connectivity index (χ3v) is 5.72. The maximum Gasteiger partial charge on any atom is 0.269 e. The lowest BCUT2D eigenvalue weighted by Gasteiger charge is -2.32. The van der Waals surface area contributed by atoms with Crippen LogP contribution in [-0.2, 0) is 6.54 Å². The van der Waals surface area contributed by atoms with E-state index >= 15 is 0 Å². The number of H-pyrrole nitrogens is 1. The quantitative estimate of drug-likeness (QED) is 0.630. The molecule has 0 saturated carbocycles. The zero-order chi connectivity index (χ0) is 20.8. The smallest absolute Gasteiger partial charge is 0.269 e. The van der Waals surface area contributed by atoms with Gasteiger partial charge < -0.3 is 10.1 Å². The third-order valence-electron chi connectivity index (χ3n) is 5.72. The standard InChI is InChI=1S/C24H28N4O2/c1-30-21-9-7-19(8-10-21)17-28-13-11-18(12-14-28)16-25-24(29)23-15-22(26-27-23)20-5-3-2-4-6-20/h2-10,15,18H,11-14,16-17H2,1H3,(H,25,29)(H,26,27). The fourth-order valence-corrected chi connectivity index (χ4v) is 3.86. The van der Waals surface area contributed by atoms with Crippen LogP contribution in [0.5, 0.6) is 5.75 Å². The molecule has 1 aliphatic rings. The van der Waals surface area contributed by atoms with E-state index in [1.807, 2.05) is 48.5 Å². The molecule has 0 spiro atoms. The summed E-state index contributed by atoms with van der Waals surface area (Å²) in [6.07, 6.45) is 2.18. The van der Waals surface area contributed by atoms with Crippen molar-refractivity contribution in [2.75, 3.05) is 26.7 Å². The van der Waals surface area contributed by atoms with E-state index in [-0.39, 0.29) is 5.91 Å². The minimum atomic E-state index is -0.0923. The van der Waals surface area contributed by atoms with Gasteiger partial charge in [0.05, 0.1) is 12.8 Å². The molecule has 3 aromatic rings. The number of likely N-dealkylation sites (tertiary alicyclic amines) is 1. The summed E-state index contributed by atoms with van der Waals surface area (Å²) < 4.78 is 5.22. The molecule has 0 bridgehead atoms. The highest BCUT2D eigenvalue weighted by Crippen LogP contribution is 2.20. The summed E-state index contributed by atoms with van der Waals surface area (Å²) in [5, 5.41) is 10.2. The van der Waals surface area contributed by atoms with Crippen molar-refractivity contribution in [1.82, 2.24) is 20.4 Å². The highest BCUT2D eigenvalue weighted by atomic mass is 16.5. The van der Waals surface area contributed by atoms with Gasteiger partial charge in [-0.05, 0) is 55.6 Å². The van der Waals surface area contributed by atoms with Crippen molar-refractivity contribution in [3.63, 3.8) is 0 Å². The van der Waals surface area contributed by atoms with E-state index in [1.54, 1.807) is 7.11 Å². The van der Waals surface area contributed by atoms with Gasteiger partial charge in [-0.1, -0.05) is 42.5 Å². The van der Waals surface area contributed by atoms with Crippen molar-refractivity contribution in [3.8, 4) is 17.0 Å². The first kappa shape index (κ1) is 20.2. The number of amides is 1. The Morgan fingerprint density at radius 2 is 1.87 bits per heavy atom. The molecule has 1 aliphatic heterocycles. The van der Waals surface area contributed by atoms with Crippen LogP contribution in [0.4, 0.5) is 0 Å². The number of carbonyl (C=O) groups is 1. The fourth-order valence-electron chi connectivity index (χ4n) is 3.86. The van der Waals surface area contributed by atoms with E-state index < -0.39 is 0 Å². The van der Waals surface area contributed by atoms with Crippen LogP contribution < -0.4 is 10.1 Å². The van der Waals surface area contributed by atoms with Crippen molar-refractivity contribution < 1.29 is 9.53 Å². The fraction of sp³-hybridized carbons (Fsp3) is 0.333. The summed E-state index contributed by atoms with van der Waals surface area (Å²) in [6.45, 7) is 3.76. The molecule has 6 nitrogen and oxygen atoms in total. The largest absolute Gasteiger partial charge is 0.497 e. The lowest BCUT2D eigenvalue weighted by molar-refractivity contribution is 0.0930. The number of hydrogen-bond acceptors (Lipinski definition) is 4. The Labute approximate surface area is 177 Å². The molecule has 2 heterocycles. The van der Waals surface area contributed by atoms with Crippen molar-refractivity contribution in [1.29, 1.82) is 0 Å². The van der Waals surface area contributed by atoms with Gasteiger partial charge in [0.1, 0.15) is 11.4 Å². The monoisotopic (exact) mass is 404 g/mol. The Morgan fingerprint density at radius 3 is 2.57 bits per heavy atom. The highest BCUT2D eigenvalue weighted by Gasteiger charge is 2.20. The van der Waals surface area contributed by atoms with E-state index in [0.29, 0.717) is 18.2 Å². The molecule has 1 amide bonds. The first-order valence-corrected chi connectivity index (χ1v) is 10.5. The molecule has 156 valence electrons. The summed E-state index contributed by atoms with van der Waals surface area (Å²) in [5.41, 5.74) is 3.59. The molecule has 6 heteroatoms. The number of rotatable bonds is 7. The van der Waals surface area contributed by atoms with E-state index in [0.717, 1.165) is 49.5 Å². The SMILES string of the molecule is COc1ccc(CN2CCC(CNC(=O)c3cc(-c4ccccc4)n[nH]3)CC2)cc1. The summed E-state index contributed by atoms with van der Waals surface area (Å²) in [5.74, 6) is 1.31. The number of hydrogen-bond donors (Lipinski definition) is 2. The zero-order valence-electron chi connectivity index (χ0n) is 17.3. The van der Waals surface area contributed by atoms with E-state index in [4.69, 9.17) is 4.74 Å². The molecular weight excluding hydrogens is 376 g/mol. The molecule has 0 radical (unpaired) electrons. The lowest BCUT2D eigenvalue weighted by atomic mass is 9.96. The Hall–Kier alpha value is -3.12. The number of nitrogens with zero attached hydrogens (tertiary/aromatic N) is 2. The van der Waals surface area contributed by atoms with Gasteiger partial charge in [-0.2, -0.15) is 5.10 Å². The van der Waals surface area contributed by atoms with E-state index in [1.165, 1.54) is 5.56 Å². The molecule has 4 rings (SSSR count). The minimum absolute atomic E-state index is 0.0923. The van der Waals surface area contributed by atoms with Gasteiger partial charge in [0.25, 0.3) is 5.91 Å². The molecule has 0 unspecified atom stereocenters. The summed E-state index contributed by atoms with van der Waals surface area (Å²) in [4.78, 5) is 15.0. The van der Waals surface area contributed by atoms with Crippen LogP contribution >= 0.6 is 0 Å². The molecular formula is C24H28N4O2. The zero-order valence-corrected chi connectivity index (χ0v) is 17.3. The average molecular weight is 405 g/mol. The van der Waals surface area contributed by atoms with Crippen molar-refractivity contribution in [3.05, 3.63) is 71.9 Å². The molecule has 0 aliphatic carbocycles. The second-order valence-electron chi connectivity index (χ2n) is 7.81. The first-order chi connectivity index (χ1) is 14.7. The molecule has 1 aromatic heterocycles. The van der Waals surface area contributed by atoms with E-state index in [2.05, 4.69) is 32.5 Å². The number of aromatic amines is 1. The third kappa shape index (κ3) is 5.07. The van der Waals surface area contributed by atoms with Crippen LogP contribution in [0, 0.1) is 5.92 Å². The normalized spacial score (nSPS) is 15.1. The van der Waals surface area contributed by atoms with Crippen LogP contribution in [0.15, 0.2) is 60.7 Å². The molecule has 2 N–H and O–H groups in total. The molecule has 2 aromatic carbocycles. The second-order valence-corrected chi connectivity index (χ2v) is 7.81. The summed E-state index contributed by atoms with van der Waals surface area (Å²) in [7, 11) is 1.69. The average Bonchev–Trinajstić information content (AvgIpc) is 3.30. The molecule has 30 heavy (non-hydrogen) atoms. The summed E-state index contributed by atoms with van der Waals surface area (Å²) >= 11 is 0. The van der Waals surface area contributed by atoms with Crippen molar-refractivity contribution in [2.45, 2.75) is 19.4 Å². The predicted molar refractivity (Wildman–Crippen MR) is 117 cm³/mol. The number of aromatic nitrogens is 2. The van der Waals surface area contributed by atoms with E-state index in [9.17, 15) is 4.79 Å². The lowest BCUT2D eigenvalue weighted by Crippen LogP contribution is -2.38. The number of benzene rings is 2. The van der Waals surface area contributed by atoms with Crippen LogP contribution in [0.1, 0.15) is 28.9 Å². The first-order valence-electron chi connectivity index (χ1n) is 10.5. The van der Waals surface area contributed by atoms with Gasteiger partial charge in [-0.3, -0.25) is 14.8 Å². The Kier molecular flexibility index (Phi) is 6.44. The van der Waals surface area contributed by atoms with Crippen LogP contribution in [0.2, 0.25) is 0 Å². The molecule has 1 saturated heterocycles. The molecule has 1 fully saturated rings. The Bertz CT molecular complexity index is 945. The van der Waals surface area contributed by atoms with Gasteiger partial charge in [0.2, 0.25) is 0 Å². The topological polar surface area (TPSA) is 70.2 Å². The van der Waals surface area contributed by atoms with Crippen LogP contribution in [0.25, 0.3) is 11.3 Å². The highest BCUT2D eigenvalue weighted by molar-refractivity contribution is 5.93. The van der Waals surface area contributed by atoms with Gasteiger partial charge in [0.15, 0.2) is 0 Å². The van der Waals surface area contributed by atoms with Gasteiger partial charge >= 0.3 is 0 Å².